The van der Waals surface area contributed by atoms with Gasteiger partial charge in [-0.2, -0.15) is 0 Å². The maximum absolute atomic E-state index is 14.7. The van der Waals surface area contributed by atoms with Crippen LogP contribution in [0.25, 0.3) is 0 Å². The zero-order valence-electron chi connectivity index (χ0n) is 20.3. The molecule has 2 N–H and O–H groups in total. The first-order chi connectivity index (χ1) is 16.7. The van der Waals surface area contributed by atoms with Crippen molar-refractivity contribution in [2.24, 2.45) is 5.16 Å². The molecule has 1 aromatic carbocycles. The Bertz CT molecular complexity index is 909. The van der Waals surface area contributed by atoms with Gasteiger partial charge in [-0.3, -0.25) is 4.79 Å². The number of carboxylic acids is 1. The van der Waals surface area contributed by atoms with Crippen molar-refractivity contribution in [2.45, 2.75) is 64.7 Å². The predicted octanol–water partition coefficient (Wildman–Crippen LogP) is 3.51. The van der Waals surface area contributed by atoms with Gasteiger partial charge in [-0.25, -0.2) is 13.6 Å². The molecular formula is C24H34F2N4O5. The second-order valence-corrected chi connectivity index (χ2v) is 9.08. The lowest BCUT2D eigenvalue weighted by atomic mass is 10.1. The number of ether oxygens (including phenoxy) is 1. The third-order valence-electron chi connectivity index (χ3n) is 6.00. The standard InChI is InChI=1S/C24H34F2N4O5/c1-16(2)34-24(33)30-11-6-19(7-12-30)35-28-18-4-9-29(10-5-18)22-14-20(25)17(13-21(22)26)15-27-8-3-23(31)32/h13-14,16,19,27H,3-12,15H2,1-2H3,(H,31,32). The van der Waals surface area contributed by atoms with E-state index in [2.05, 4.69) is 10.5 Å². The first-order valence-corrected chi connectivity index (χ1v) is 12.1. The number of carbonyl (C=O) groups excluding carboxylic acids is 1. The Hall–Kier alpha value is -2.95. The molecule has 3 rings (SSSR count). The number of likely N-dealkylation sites (tertiary alicyclic amines) is 1. The van der Waals surface area contributed by atoms with Crippen molar-refractivity contribution in [1.29, 1.82) is 0 Å². The van der Waals surface area contributed by atoms with Crippen molar-refractivity contribution in [2.75, 3.05) is 37.6 Å². The maximum atomic E-state index is 14.7. The van der Waals surface area contributed by atoms with Crippen LogP contribution in [0.1, 0.15) is 51.5 Å². The Morgan fingerprint density at radius 3 is 2.46 bits per heavy atom. The highest BCUT2D eigenvalue weighted by Crippen LogP contribution is 2.26. The van der Waals surface area contributed by atoms with E-state index in [9.17, 15) is 18.4 Å². The van der Waals surface area contributed by atoms with Crippen molar-refractivity contribution >= 4 is 23.5 Å². The molecule has 1 amide bonds. The highest BCUT2D eigenvalue weighted by atomic mass is 19.1. The molecule has 0 radical (unpaired) electrons. The quantitative estimate of drug-likeness (QED) is 0.398. The Balaban J connectivity index is 1.44. The minimum Gasteiger partial charge on any atom is -0.481 e. The summed E-state index contributed by atoms with van der Waals surface area (Å²) in [5.74, 6) is -2.00. The number of nitrogens with zero attached hydrogens (tertiary/aromatic N) is 3. The second kappa shape index (κ2) is 12.7. The highest BCUT2D eigenvalue weighted by Gasteiger charge is 2.26. The van der Waals surface area contributed by atoms with E-state index >= 15 is 0 Å². The summed E-state index contributed by atoms with van der Waals surface area (Å²) < 4.78 is 34.4. The molecule has 0 saturated carbocycles. The molecule has 2 heterocycles. The van der Waals surface area contributed by atoms with Crippen LogP contribution in [0, 0.1) is 11.6 Å². The molecular weight excluding hydrogens is 462 g/mol. The molecule has 2 fully saturated rings. The van der Waals surface area contributed by atoms with Crippen molar-refractivity contribution in [3.63, 3.8) is 0 Å². The molecule has 2 aliphatic rings. The fourth-order valence-electron chi connectivity index (χ4n) is 4.04. The Morgan fingerprint density at radius 2 is 1.83 bits per heavy atom. The Morgan fingerprint density at radius 1 is 1.14 bits per heavy atom. The number of aliphatic carboxylic acids is 1. The number of nitrogens with one attached hydrogen (secondary N) is 1. The fourth-order valence-corrected chi connectivity index (χ4v) is 4.04. The molecule has 194 valence electrons. The largest absolute Gasteiger partial charge is 0.481 e. The first-order valence-electron chi connectivity index (χ1n) is 12.1. The van der Waals surface area contributed by atoms with E-state index in [0.29, 0.717) is 51.9 Å². The zero-order valence-corrected chi connectivity index (χ0v) is 20.3. The van der Waals surface area contributed by atoms with E-state index in [0.717, 1.165) is 11.8 Å². The number of benzene rings is 1. The van der Waals surface area contributed by atoms with Crippen LogP contribution in [0.5, 0.6) is 0 Å². The minimum absolute atomic E-state index is 0.0578. The van der Waals surface area contributed by atoms with Crippen LogP contribution >= 0.6 is 0 Å². The molecule has 1 aromatic rings. The van der Waals surface area contributed by atoms with Gasteiger partial charge in [-0.1, -0.05) is 5.16 Å². The second-order valence-electron chi connectivity index (χ2n) is 9.08. The van der Waals surface area contributed by atoms with Gasteiger partial charge in [0.25, 0.3) is 0 Å². The van der Waals surface area contributed by atoms with E-state index < -0.39 is 17.6 Å². The lowest BCUT2D eigenvalue weighted by molar-refractivity contribution is -0.136. The van der Waals surface area contributed by atoms with Crippen molar-refractivity contribution in [3.8, 4) is 0 Å². The van der Waals surface area contributed by atoms with Crippen molar-refractivity contribution < 1.29 is 33.1 Å². The summed E-state index contributed by atoms with van der Waals surface area (Å²) in [7, 11) is 0. The van der Waals surface area contributed by atoms with Crippen LogP contribution in [-0.2, 0) is 20.9 Å². The van der Waals surface area contributed by atoms with Gasteiger partial charge < -0.3 is 29.8 Å². The number of oxime groups is 1. The monoisotopic (exact) mass is 496 g/mol. The van der Waals surface area contributed by atoms with Gasteiger partial charge in [-0.15, -0.1) is 0 Å². The van der Waals surface area contributed by atoms with Crippen LogP contribution in [0.3, 0.4) is 0 Å². The number of anilines is 1. The van der Waals surface area contributed by atoms with Crippen molar-refractivity contribution in [3.05, 3.63) is 29.3 Å². The van der Waals surface area contributed by atoms with Gasteiger partial charge in [0.15, 0.2) is 0 Å². The molecule has 0 unspecified atom stereocenters. The maximum Gasteiger partial charge on any atom is 0.410 e. The van der Waals surface area contributed by atoms with Gasteiger partial charge in [-0.05, 0) is 19.9 Å². The predicted molar refractivity (Wildman–Crippen MR) is 126 cm³/mol. The highest BCUT2D eigenvalue weighted by molar-refractivity contribution is 5.86. The average Bonchev–Trinajstić information content (AvgIpc) is 2.82. The van der Waals surface area contributed by atoms with Crippen LogP contribution in [0.2, 0.25) is 0 Å². The molecule has 0 bridgehead atoms. The summed E-state index contributed by atoms with van der Waals surface area (Å²) in [6.45, 7) is 5.98. The molecule has 0 atom stereocenters. The van der Waals surface area contributed by atoms with Gasteiger partial charge in [0.2, 0.25) is 0 Å². The average molecular weight is 497 g/mol. The summed E-state index contributed by atoms with van der Waals surface area (Å²) in [6, 6.07) is 2.36. The van der Waals surface area contributed by atoms with E-state index in [1.54, 1.807) is 9.80 Å². The Kier molecular flexibility index (Phi) is 9.64. The topological polar surface area (TPSA) is 104 Å². The number of hydrogen-bond donors (Lipinski definition) is 2. The van der Waals surface area contributed by atoms with Gasteiger partial charge in [0.05, 0.1) is 23.9 Å². The van der Waals surface area contributed by atoms with Gasteiger partial charge >= 0.3 is 12.1 Å². The summed E-state index contributed by atoms with van der Waals surface area (Å²) in [6.07, 6.45) is 1.92. The van der Waals surface area contributed by atoms with Gasteiger partial charge in [0.1, 0.15) is 17.7 Å². The summed E-state index contributed by atoms with van der Waals surface area (Å²) in [5.41, 5.74) is 1.24. The SMILES string of the molecule is CC(C)OC(=O)N1CCC(ON=C2CCN(c3cc(F)c(CNCCC(=O)O)cc3F)CC2)CC1. The normalized spacial score (nSPS) is 17.0. The molecule has 0 spiro atoms. The molecule has 2 aliphatic heterocycles. The zero-order chi connectivity index (χ0) is 25.4. The number of piperidine rings is 2. The molecule has 0 aromatic heterocycles. The molecule has 2 saturated heterocycles. The van der Waals surface area contributed by atoms with Crippen LogP contribution < -0.4 is 10.2 Å². The van der Waals surface area contributed by atoms with Crippen LogP contribution in [-0.4, -0.2) is 72.7 Å². The van der Waals surface area contributed by atoms with Crippen molar-refractivity contribution in [1.82, 2.24) is 10.2 Å². The lowest BCUT2D eigenvalue weighted by Gasteiger charge is -2.32. The Labute approximate surface area is 204 Å². The van der Waals surface area contributed by atoms with E-state index in [1.165, 1.54) is 6.07 Å². The number of carbonyl (C=O) groups is 2. The number of amides is 1. The number of halogens is 2. The van der Waals surface area contributed by atoms with Crippen LogP contribution in [0.15, 0.2) is 17.3 Å². The number of carboxylic acid groups (broad SMARTS) is 1. The van der Waals surface area contributed by atoms with Gasteiger partial charge in [0, 0.05) is 76.6 Å². The fraction of sp³-hybridized carbons (Fsp3) is 0.625. The summed E-state index contributed by atoms with van der Waals surface area (Å²) >= 11 is 0. The van der Waals surface area contributed by atoms with E-state index in [1.807, 2.05) is 13.8 Å². The summed E-state index contributed by atoms with van der Waals surface area (Å²) in [5, 5.41) is 15.8. The smallest absolute Gasteiger partial charge is 0.410 e. The number of rotatable bonds is 9. The molecule has 0 aliphatic carbocycles. The molecule has 11 heteroatoms. The minimum atomic E-state index is -0.952. The van der Waals surface area contributed by atoms with E-state index in [-0.39, 0.29) is 49.1 Å². The third-order valence-corrected chi connectivity index (χ3v) is 6.00. The molecule has 35 heavy (non-hydrogen) atoms. The lowest BCUT2D eigenvalue weighted by Crippen LogP contribution is -2.41. The van der Waals surface area contributed by atoms with Crippen LogP contribution in [0.4, 0.5) is 19.3 Å². The molecule has 9 nitrogen and oxygen atoms in total. The third kappa shape index (κ3) is 8.05. The summed E-state index contributed by atoms with van der Waals surface area (Å²) in [4.78, 5) is 31.7. The number of hydrogen-bond acceptors (Lipinski definition) is 7. The van der Waals surface area contributed by atoms with E-state index in [4.69, 9.17) is 14.7 Å². The first kappa shape index (κ1) is 26.7.